The quantitative estimate of drug-likeness (QED) is 0.936. The summed E-state index contributed by atoms with van der Waals surface area (Å²) >= 11 is 0. The molecule has 1 unspecified atom stereocenters. The number of rotatable bonds is 3. The molecule has 2 aromatic rings. The van der Waals surface area contributed by atoms with E-state index in [0.717, 1.165) is 6.42 Å². The summed E-state index contributed by atoms with van der Waals surface area (Å²) < 4.78 is 27.7. The van der Waals surface area contributed by atoms with Gasteiger partial charge in [0, 0.05) is 36.7 Å². The molecule has 1 N–H and O–H groups in total. The van der Waals surface area contributed by atoms with Gasteiger partial charge in [-0.3, -0.25) is 4.79 Å². The number of aryl methyl sites for hydroxylation is 1. The molecule has 5 heteroatoms. The van der Waals surface area contributed by atoms with E-state index in [-0.39, 0.29) is 29.8 Å². The summed E-state index contributed by atoms with van der Waals surface area (Å²) in [5, 5.41) is 9.16. The van der Waals surface area contributed by atoms with Crippen LogP contribution in [0.15, 0.2) is 36.4 Å². The van der Waals surface area contributed by atoms with E-state index < -0.39 is 5.82 Å². The molecule has 3 nitrogen and oxygen atoms in total. The summed E-state index contributed by atoms with van der Waals surface area (Å²) in [6, 6.07) is 8.56. The van der Waals surface area contributed by atoms with Gasteiger partial charge in [0.15, 0.2) is 0 Å². The van der Waals surface area contributed by atoms with Crippen LogP contribution in [0.3, 0.4) is 0 Å². The minimum atomic E-state index is -0.506. The number of aliphatic hydroxyl groups excluding tert-OH is 1. The number of likely N-dealkylation sites (tertiary alicyclic amines) is 1. The number of aliphatic hydroxyl groups is 1. The van der Waals surface area contributed by atoms with Crippen LogP contribution < -0.4 is 0 Å². The fraction of sp³-hybridized carbons (Fsp3) is 0.316. The molecule has 1 heterocycles. The second kappa shape index (κ2) is 6.69. The van der Waals surface area contributed by atoms with Gasteiger partial charge >= 0.3 is 0 Å². The first-order chi connectivity index (χ1) is 11.5. The first-order valence-electron chi connectivity index (χ1n) is 7.96. The van der Waals surface area contributed by atoms with Crippen molar-refractivity contribution in [1.82, 2.24) is 4.90 Å². The maximum Gasteiger partial charge on any atom is 0.253 e. The number of hydrogen-bond acceptors (Lipinski definition) is 2. The molecule has 1 fully saturated rings. The van der Waals surface area contributed by atoms with Crippen LogP contribution in [0.2, 0.25) is 0 Å². The predicted octanol–water partition coefficient (Wildman–Crippen LogP) is 3.39. The molecule has 3 rings (SSSR count). The molecule has 1 aliphatic rings. The number of amides is 1. The minimum Gasteiger partial charge on any atom is -0.396 e. The van der Waals surface area contributed by atoms with Gasteiger partial charge in [0.05, 0.1) is 0 Å². The van der Waals surface area contributed by atoms with E-state index in [9.17, 15) is 13.6 Å². The van der Waals surface area contributed by atoms with Gasteiger partial charge in [-0.15, -0.1) is 0 Å². The molecule has 126 valence electrons. The van der Waals surface area contributed by atoms with E-state index in [2.05, 4.69) is 0 Å². The van der Waals surface area contributed by atoms with E-state index in [1.54, 1.807) is 24.0 Å². The van der Waals surface area contributed by atoms with Crippen molar-refractivity contribution in [3.8, 4) is 11.1 Å². The van der Waals surface area contributed by atoms with Crippen LogP contribution in [-0.4, -0.2) is 35.6 Å². The molecule has 0 aromatic heterocycles. The first kappa shape index (κ1) is 16.6. The summed E-state index contributed by atoms with van der Waals surface area (Å²) in [6.45, 7) is 2.84. The van der Waals surface area contributed by atoms with E-state index in [1.807, 2.05) is 0 Å². The summed E-state index contributed by atoms with van der Waals surface area (Å²) in [5.74, 6) is -1.00. The Hall–Kier alpha value is -2.27. The highest BCUT2D eigenvalue weighted by Crippen LogP contribution is 2.28. The predicted molar refractivity (Wildman–Crippen MR) is 87.6 cm³/mol. The molecule has 0 radical (unpaired) electrons. The van der Waals surface area contributed by atoms with Gasteiger partial charge in [0.25, 0.3) is 5.91 Å². The Morgan fingerprint density at radius 2 is 1.96 bits per heavy atom. The zero-order valence-electron chi connectivity index (χ0n) is 13.4. The molecule has 0 saturated carbocycles. The highest BCUT2D eigenvalue weighted by atomic mass is 19.1. The maximum absolute atomic E-state index is 14.5. The molecular weight excluding hydrogens is 312 g/mol. The minimum absolute atomic E-state index is 0.0565. The van der Waals surface area contributed by atoms with Crippen LogP contribution in [0.5, 0.6) is 0 Å². The second-order valence-electron chi connectivity index (χ2n) is 6.24. The van der Waals surface area contributed by atoms with E-state index in [1.165, 1.54) is 24.3 Å². The molecule has 2 aromatic carbocycles. The second-order valence-corrected chi connectivity index (χ2v) is 6.24. The van der Waals surface area contributed by atoms with Crippen LogP contribution in [0.25, 0.3) is 11.1 Å². The Bertz CT molecular complexity index is 776. The van der Waals surface area contributed by atoms with E-state index in [0.29, 0.717) is 29.8 Å². The Labute approximate surface area is 139 Å². The number of carbonyl (C=O) groups excluding carboxylic acids is 1. The molecule has 1 atom stereocenters. The average Bonchev–Trinajstić information content (AvgIpc) is 3.04. The van der Waals surface area contributed by atoms with Crippen molar-refractivity contribution < 1.29 is 18.7 Å². The molecule has 0 aliphatic carbocycles. The Morgan fingerprint density at radius 3 is 2.58 bits per heavy atom. The van der Waals surface area contributed by atoms with Crippen molar-refractivity contribution in [3.63, 3.8) is 0 Å². The monoisotopic (exact) mass is 331 g/mol. The molecule has 24 heavy (non-hydrogen) atoms. The summed E-state index contributed by atoms with van der Waals surface area (Å²) in [7, 11) is 0. The molecule has 1 aliphatic heterocycles. The average molecular weight is 331 g/mol. The first-order valence-corrected chi connectivity index (χ1v) is 7.96. The van der Waals surface area contributed by atoms with Crippen molar-refractivity contribution in [1.29, 1.82) is 0 Å². The van der Waals surface area contributed by atoms with Crippen molar-refractivity contribution in [2.75, 3.05) is 19.7 Å². The van der Waals surface area contributed by atoms with Crippen molar-refractivity contribution in [3.05, 3.63) is 59.2 Å². The van der Waals surface area contributed by atoms with Gasteiger partial charge in [0.2, 0.25) is 0 Å². The molecular formula is C19H19F2NO2. The van der Waals surface area contributed by atoms with Crippen molar-refractivity contribution in [2.45, 2.75) is 13.3 Å². The van der Waals surface area contributed by atoms with Crippen LogP contribution in [0.4, 0.5) is 8.78 Å². The zero-order valence-corrected chi connectivity index (χ0v) is 13.4. The van der Waals surface area contributed by atoms with Gasteiger partial charge in [-0.2, -0.15) is 0 Å². The lowest BCUT2D eigenvalue weighted by molar-refractivity contribution is 0.0781. The molecule has 0 spiro atoms. The fourth-order valence-corrected chi connectivity index (χ4v) is 3.14. The summed E-state index contributed by atoms with van der Waals surface area (Å²) in [6.07, 6.45) is 0.761. The van der Waals surface area contributed by atoms with E-state index in [4.69, 9.17) is 5.11 Å². The number of nitrogens with zero attached hydrogens (tertiary/aromatic N) is 1. The normalized spacial score (nSPS) is 17.3. The number of halogens is 2. The van der Waals surface area contributed by atoms with Crippen LogP contribution in [-0.2, 0) is 0 Å². The molecule has 0 bridgehead atoms. The lowest BCUT2D eigenvalue weighted by Gasteiger charge is -2.17. The lowest BCUT2D eigenvalue weighted by Crippen LogP contribution is -2.29. The van der Waals surface area contributed by atoms with Crippen LogP contribution >= 0.6 is 0 Å². The standard InChI is InChI=1S/C19H19F2NO2/c1-12-8-15(20)3-5-16(12)17-4-2-14(9-18(17)21)19(24)22-7-6-13(10-22)11-23/h2-5,8-9,13,23H,6-7,10-11H2,1H3. The number of benzene rings is 2. The van der Waals surface area contributed by atoms with Gasteiger partial charge < -0.3 is 10.0 Å². The third-order valence-corrected chi connectivity index (χ3v) is 4.53. The largest absolute Gasteiger partial charge is 0.396 e. The zero-order chi connectivity index (χ0) is 17.3. The highest BCUT2D eigenvalue weighted by molar-refractivity contribution is 5.95. The summed E-state index contributed by atoms with van der Waals surface area (Å²) in [5.41, 5.74) is 1.88. The SMILES string of the molecule is Cc1cc(F)ccc1-c1ccc(C(=O)N2CCC(CO)C2)cc1F. The van der Waals surface area contributed by atoms with Crippen LogP contribution in [0, 0.1) is 24.5 Å². The molecule has 1 saturated heterocycles. The highest BCUT2D eigenvalue weighted by Gasteiger charge is 2.26. The van der Waals surface area contributed by atoms with Gasteiger partial charge in [-0.05, 0) is 48.7 Å². The van der Waals surface area contributed by atoms with Crippen LogP contribution in [0.1, 0.15) is 22.3 Å². The number of carbonyl (C=O) groups is 1. The maximum atomic E-state index is 14.5. The Balaban J connectivity index is 1.86. The summed E-state index contributed by atoms with van der Waals surface area (Å²) in [4.78, 5) is 14.1. The number of hydrogen-bond donors (Lipinski definition) is 1. The van der Waals surface area contributed by atoms with Gasteiger partial charge in [-0.1, -0.05) is 12.1 Å². The molecule has 1 amide bonds. The topological polar surface area (TPSA) is 40.5 Å². The Kier molecular flexibility index (Phi) is 4.62. The third-order valence-electron chi connectivity index (χ3n) is 4.53. The van der Waals surface area contributed by atoms with E-state index >= 15 is 0 Å². The Morgan fingerprint density at radius 1 is 1.21 bits per heavy atom. The lowest BCUT2D eigenvalue weighted by atomic mass is 9.98. The van der Waals surface area contributed by atoms with Crippen molar-refractivity contribution >= 4 is 5.91 Å². The third kappa shape index (κ3) is 3.17. The smallest absolute Gasteiger partial charge is 0.253 e. The van der Waals surface area contributed by atoms with Gasteiger partial charge in [-0.25, -0.2) is 8.78 Å². The van der Waals surface area contributed by atoms with Crippen molar-refractivity contribution in [2.24, 2.45) is 5.92 Å². The fourth-order valence-electron chi connectivity index (χ4n) is 3.14. The van der Waals surface area contributed by atoms with Gasteiger partial charge in [0.1, 0.15) is 11.6 Å².